The van der Waals surface area contributed by atoms with E-state index in [2.05, 4.69) is 12.1 Å². The Morgan fingerprint density at radius 2 is 2.08 bits per heavy atom. The molecule has 1 saturated heterocycles. The molecule has 132 valence electrons. The van der Waals surface area contributed by atoms with Crippen molar-refractivity contribution < 1.29 is 14.6 Å². The molecule has 0 spiro atoms. The summed E-state index contributed by atoms with van der Waals surface area (Å²) in [7, 11) is 0. The molecule has 1 aromatic carbocycles. The smallest absolute Gasteiger partial charge is 0.222 e. The van der Waals surface area contributed by atoms with E-state index in [-0.39, 0.29) is 12.0 Å². The molecule has 2 fully saturated rings. The lowest BCUT2D eigenvalue weighted by Gasteiger charge is -2.34. The third-order valence-electron chi connectivity index (χ3n) is 5.40. The van der Waals surface area contributed by atoms with E-state index in [1.54, 1.807) is 0 Å². The van der Waals surface area contributed by atoms with Crippen LogP contribution in [0.4, 0.5) is 0 Å². The average molecular weight is 331 g/mol. The molecule has 0 bridgehead atoms. The van der Waals surface area contributed by atoms with Gasteiger partial charge in [0.05, 0.1) is 12.2 Å². The van der Waals surface area contributed by atoms with Crippen molar-refractivity contribution >= 4 is 5.91 Å². The van der Waals surface area contributed by atoms with Crippen LogP contribution in [0.15, 0.2) is 24.3 Å². The number of benzene rings is 1. The number of ether oxygens (including phenoxy) is 1. The molecule has 1 aliphatic heterocycles. The molecule has 1 heterocycles. The topological polar surface area (TPSA) is 49.8 Å². The zero-order valence-electron chi connectivity index (χ0n) is 14.6. The molecule has 3 rings (SSSR count). The number of hydrogen-bond donors (Lipinski definition) is 1. The number of aryl methyl sites for hydroxylation is 1. The van der Waals surface area contributed by atoms with Gasteiger partial charge in [0, 0.05) is 19.5 Å². The highest BCUT2D eigenvalue weighted by Crippen LogP contribution is 2.25. The minimum atomic E-state index is -0.383. The summed E-state index contributed by atoms with van der Waals surface area (Å²) in [5, 5.41) is 9.94. The van der Waals surface area contributed by atoms with Crippen LogP contribution in [0, 0.1) is 5.92 Å². The summed E-state index contributed by atoms with van der Waals surface area (Å²) < 4.78 is 6.04. The molecule has 1 amide bonds. The first-order valence-corrected chi connectivity index (χ1v) is 9.33. The van der Waals surface area contributed by atoms with Gasteiger partial charge in [-0.15, -0.1) is 0 Å². The van der Waals surface area contributed by atoms with Gasteiger partial charge < -0.3 is 14.7 Å². The van der Waals surface area contributed by atoms with Gasteiger partial charge in [0.1, 0.15) is 5.75 Å². The average Bonchev–Trinajstić information content (AvgIpc) is 3.08. The number of nitrogens with zero attached hydrogens (tertiary/aromatic N) is 1. The number of amides is 1. The minimum Gasteiger partial charge on any atom is -0.490 e. The monoisotopic (exact) mass is 331 g/mol. The van der Waals surface area contributed by atoms with E-state index in [9.17, 15) is 9.90 Å². The van der Waals surface area contributed by atoms with Crippen LogP contribution in [0.2, 0.25) is 0 Å². The van der Waals surface area contributed by atoms with Crippen molar-refractivity contribution in [2.45, 2.75) is 64.1 Å². The van der Waals surface area contributed by atoms with Crippen molar-refractivity contribution in [3.8, 4) is 5.75 Å². The van der Waals surface area contributed by atoms with Gasteiger partial charge in [-0.1, -0.05) is 19.1 Å². The second-order valence-electron chi connectivity index (χ2n) is 7.34. The molecule has 0 aromatic heterocycles. The predicted octanol–water partition coefficient (Wildman–Crippen LogP) is 3.17. The number of piperidine rings is 1. The summed E-state index contributed by atoms with van der Waals surface area (Å²) in [5.74, 6) is 1.36. The summed E-state index contributed by atoms with van der Waals surface area (Å²) in [5.41, 5.74) is 1.14. The molecule has 2 aliphatic rings. The first-order chi connectivity index (χ1) is 11.6. The van der Waals surface area contributed by atoms with Crippen molar-refractivity contribution in [1.29, 1.82) is 0 Å². The SMILES string of the molecule is CC1CCN(C(=O)CCc2cccc(OC3CCCC3)c2)CC1O. The number of likely N-dealkylation sites (tertiary alicyclic amines) is 1. The van der Waals surface area contributed by atoms with Gasteiger partial charge >= 0.3 is 0 Å². The van der Waals surface area contributed by atoms with Crippen molar-refractivity contribution in [3.05, 3.63) is 29.8 Å². The predicted molar refractivity (Wildman–Crippen MR) is 94.0 cm³/mol. The fraction of sp³-hybridized carbons (Fsp3) is 0.650. The van der Waals surface area contributed by atoms with Gasteiger partial charge in [-0.25, -0.2) is 0 Å². The maximum atomic E-state index is 12.4. The number of β-amino-alcohol motifs (C(OH)–C–C–N with tert-alkyl or cyclic N) is 1. The van der Waals surface area contributed by atoms with Crippen molar-refractivity contribution in [1.82, 2.24) is 4.90 Å². The lowest BCUT2D eigenvalue weighted by molar-refractivity contribution is -0.135. The lowest BCUT2D eigenvalue weighted by Crippen LogP contribution is -2.45. The fourth-order valence-electron chi connectivity index (χ4n) is 3.66. The Bertz CT molecular complexity index is 554. The molecular weight excluding hydrogens is 302 g/mol. The first kappa shape index (κ1) is 17.3. The van der Waals surface area contributed by atoms with Gasteiger partial charge in [-0.2, -0.15) is 0 Å². The van der Waals surface area contributed by atoms with Crippen molar-refractivity contribution in [3.63, 3.8) is 0 Å². The number of carbonyl (C=O) groups excluding carboxylic acids is 1. The molecule has 0 radical (unpaired) electrons. The molecule has 4 nitrogen and oxygen atoms in total. The number of hydrogen-bond acceptors (Lipinski definition) is 3. The van der Waals surface area contributed by atoms with E-state index in [0.717, 1.165) is 43.5 Å². The van der Waals surface area contributed by atoms with Crippen LogP contribution in [0.5, 0.6) is 5.75 Å². The number of aliphatic hydroxyl groups is 1. The third kappa shape index (κ3) is 4.50. The van der Waals surface area contributed by atoms with Gasteiger partial charge in [-0.05, 0) is 62.1 Å². The Kier molecular flexibility index (Phi) is 5.77. The summed E-state index contributed by atoms with van der Waals surface area (Å²) in [6, 6.07) is 8.14. The largest absolute Gasteiger partial charge is 0.490 e. The van der Waals surface area contributed by atoms with Crippen LogP contribution in [0.1, 0.15) is 51.0 Å². The molecule has 24 heavy (non-hydrogen) atoms. The zero-order valence-corrected chi connectivity index (χ0v) is 14.6. The third-order valence-corrected chi connectivity index (χ3v) is 5.40. The van der Waals surface area contributed by atoms with E-state index >= 15 is 0 Å². The zero-order chi connectivity index (χ0) is 16.9. The van der Waals surface area contributed by atoms with Crippen LogP contribution >= 0.6 is 0 Å². The molecule has 1 aromatic rings. The second kappa shape index (κ2) is 8.02. The Balaban J connectivity index is 1.49. The van der Waals surface area contributed by atoms with Crippen LogP contribution < -0.4 is 4.74 Å². The highest BCUT2D eigenvalue weighted by atomic mass is 16.5. The summed E-state index contributed by atoms with van der Waals surface area (Å²) in [6.07, 6.45) is 6.91. The highest BCUT2D eigenvalue weighted by Gasteiger charge is 2.26. The van der Waals surface area contributed by atoms with Gasteiger partial charge in [0.15, 0.2) is 0 Å². The molecular formula is C20H29NO3. The molecule has 1 N–H and O–H groups in total. The second-order valence-corrected chi connectivity index (χ2v) is 7.34. The highest BCUT2D eigenvalue weighted by molar-refractivity contribution is 5.76. The van der Waals surface area contributed by atoms with Gasteiger partial charge in [0.2, 0.25) is 5.91 Å². The Morgan fingerprint density at radius 1 is 1.29 bits per heavy atom. The van der Waals surface area contributed by atoms with Crippen LogP contribution in [0.3, 0.4) is 0 Å². The molecule has 1 aliphatic carbocycles. The van der Waals surface area contributed by atoms with E-state index in [0.29, 0.717) is 25.0 Å². The Morgan fingerprint density at radius 3 is 2.83 bits per heavy atom. The van der Waals surface area contributed by atoms with E-state index in [1.807, 2.05) is 24.0 Å². The van der Waals surface area contributed by atoms with E-state index in [1.165, 1.54) is 12.8 Å². The maximum Gasteiger partial charge on any atom is 0.222 e. The minimum absolute atomic E-state index is 0.142. The number of aliphatic hydroxyl groups excluding tert-OH is 1. The Labute approximate surface area is 144 Å². The van der Waals surface area contributed by atoms with E-state index in [4.69, 9.17) is 4.74 Å². The summed E-state index contributed by atoms with van der Waals surface area (Å²) in [6.45, 7) is 3.29. The van der Waals surface area contributed by atoms with Crippen molar-refractivity contribution in [2.24, 2.45) is 5.92 Å². The molecule has 2 atom stereocenters. The van der Waals surface area contributed by atoms with Crippen LogP contribution in [0.25, 0.3) is 0 Å². The number of rotatable bonds is 5. The maximum absolute atomic E-state index is 12.4. The summed E-state index contributed by atoms with van der Waals surface area (Å²) >= 11 is 0. The van der Waals surface area contributed by atoms with Crippen LogP contribution in [-0.4, -0.2) is 41.2 Å². The first-order valence-electron chi connectivity index (χ1n) is 9.33. The normalized spacial score (nSPS) is 25.0. The van der Waals surface area contributed by atoms with Crippen molar-refractivity contribution in [2.75, 3.05) is 13.1 Å². The molecule has 1 saturated carbocycles. The van der Waals surface area contributed by atoms with E-state index < -0.39 is 0 Å². The standard InChI is InChI=1S/C20H29NO3/c1-15-11-12-21(14-19(15)22)20(23)10-9-16-5-4-8-18(13-16)24-17-6-2-3-7-17/h4-5,8,13,15,17,19,22H,2-3,6-7,9-12,14H2,1H3. The van der Waals surface area contributed by atoms with Gasteiger partial charge in [0.25, 0.3) is 0 Å². The molecule has 2 unspecified atom stereocenters. The number of carbonyl (C=O) groups is 1. The molecule has 4 heteroatoms. The summed E-state index contributed by atoms with van der Waals surface area (Å²) in [4.78, 5) is 14.2. The van der Waals surface area contributed by atoms with Crippen LogP contribution in [-0.2, 0) is 11.2 Å². The van der Waals surface area contributed by atoms with Gasteiger partial charge in [-0.3, -0.25) is 4.79 Å². The fourth-order valence-corrected chi connectivity index (χ4v) is 3.66. The lowest BCUT2D eigenvalue weighted by atomic mass is 9.95. The Hall–Kier alpha value is -1.55. The quantitative estimate of drug-likeness (QED) is 0.901.